The first-order chi connectivity index (χ1) is 5.37. The van der Waals surface area contributed by atoms with Gasteiger partial charge in [-0.15, -0.1) is 0 Å². The van der Waals surface area contributed by atoms with Gasteiger partial charge < -0.3 is 6.53 Å². The second-order valence-electron chi connectivity index (χ2n) is 2.84. The summed E-state index contributed by atoms with van der Waals surface area (Å²) < 4.78 is 29.4. The zero-order valence-electron chi connectivity index (χ0n) is 9.27. The molecule has 0 atom stereocenters. The molecule has 0 heterocycles. The van der Waals surface area contributed by atoms with E-state index >= 15 is 0 Å². The Labute approximate surface area is 103 Å². The second kappa shape index (κ2) is 7.17. The topological polar surface area (TPSA) is 77.8 Å². The van der Waals surface area contributed by atoms with Crippen LogP contribution in [0.25, 0.3) is 0 Å². The van der Waals surface area contributed by atoms with E-state index in [0.29, 0.717) is 0 Å². The van der Waals surface area contributed by atoms with Crippen molar-refractivity contribution >= 4 is 10.1 Å². The Balaban J connectivity index is -0.000000605. The molecule has 0 unspecified atom stereocenters. The number of hydrogen-bond donors (Lipinski definition) is 2. The van der Waals surface area contributed by atoms with E-state index < -0.39 is 16.0 Å². The Morgan fingerprint density at radius 2 is 1.92 bits per heavy atom. The van der Waals surface area contributed by atoms with Gasteiger partial charge in [0.2, 0.25) is 0 Å². The van der Waals surface area contributed by atoms with E-state index in [1.54, 1.807) is 13.8 Å². The predicted molar refractivity (Wildman–Crippen MR) is 46.5 cm³/mol. The number of nitrogens with zero attached hydrogens (tertiary/aromatic N) is 1. The molecule has 76 valence electrons. The molecule has 13 heavy (non-hydrogen) atoms. The summed E-state index contributed by atoms with van der Waals surface area (Å²) in [5.74, 6) is -0.425. The van der Waals surface area contributed by atoms with E-state index in [2.05, 4.69) is 0 Å². The van der Waals surface area contributed by atoms with Gasteiger partial charge in [-0.25, -0.2) is 0 Å². The minimum atomic E-state index is -3.98. The SMILES string of the molecule is CC(C)N(CCO)CS(=O)(=O)O.[H-].[Na+]. The van der Waals surface area contributed by atoms with E-state index in [1.807, 2.05) is 0 Å². The molecule has 7 heteroatoms. The van der Waals surface area contributed by atoms with Crippen LogP contribution in [0, 0.1) is 0 Å². The van der Waals surface area contributed by atoms with Crippen LogP contribution in [-0.2, 0) is 10.1 Å². The summed E-state index contributed by atoms with van der Waals surface area (Å²) in [5.41, 5.74) is 0. The molecule has 0 saturated heterocycles. The van der Waals surface area contributed by atoms with Crippen LogP contribution in [-0.4, -0.2) is 48.0 Å². The molecule has 0 amide bonds. The Morgan fingerprint density at radius 3 is 2.15 bits per heavy atom. The largest absolute Gasteiger partial charge is 1.00 e. The molecule has 0 bridgehead atoms. The van der Waals surface area contributed by atoms with Crippen LogP contribution in [0.4, 0.5) is 0 Å². The van der Waals surface area contributed by atoms with Crippen LogP contribution < -0.4 is 29.6 Å². The molecule has 0 aromatic carbocycles. The van der Waals surface area contributed by atoms with Crippen LogP contribution in [0.5, 0.6) is 0 Å². The molecule has 0 aromatic heterocycles. The molecular weight excluding hydrogens is 205 g/mol. The van der Waals surface area contributed by atoms with Gasteiger partial charge in [0.15, 0.2) is 0 Å². The van der Waals surface area contributed by atoms with E-state index in [4.69, 9.17) is 9.66 Å². The average Bonchev–Trinajstić information content (AvgIpc) is 1.83. The van der Waals surface area contributed by atoms with E-state index in [1.165, 1.54) is 4.90 Å². The van der Waals surface area contributed by atoms with Crippen LogP contribution in [0.2, 0.25) is 0 Å². The molecule has 0 saturated carbocycles. The maximum Gasteiger partial charge on any atom is 1.00 e. The van der Waals surface area contributed by atoms with Crippen molar-refractivity contribution in [1.82, 2.24) is 4.90 Å². The minimum Gasteiger partial charge on any atom is -1.00 e. The zero-order chi connectivity index (χ0) is 9.78. The van der Waals surface area contributed by atoms with Crippen molar-refractivity contribution in [2.45, 2.75) is 19.9 Å². The van der Waals surface area contributed by atoms with Gasteiger partial charge in [0.1, 0.15) is 5.88 Å². The Hall–Kier alpha value is 0.830. The summed E-state index contributed by atoms with van der Waals surface area (Å²) in [6, 6.07) is -0.0147. The third-order valence-electron chi connectivity index (χ3n) is 1.45. The van der Waals surface area contributed by atoms with E-state index in [-0.39, 0.29) is 50.2 Å². The zero-order valence-corrected chi connectivity index (χ0v) is 11.1. The fourth-order valence-corrected chi connectivity index (χ4v) is 1.66. The first kappa shape index (κ1) is 16.3. The summed E-state index contributed by atoms with van der Waals surface area (Å²) in [4.78, 5) is 1.47. The maximum atomic E-state index is 10.5. The molecular formula is C6H16NNaO4S. The fourth-order valence-electron chi connectivity index (χ4n) is 0.810. The smallest absolute Gasteiger partial charge is 1.00 e. The molecule has 0 rings (SSSR count). The van der Waals surface area contributed by atoms with Crippen molar-refractivity contribution in [3.63, 3.8) is 0 Å². The third kappa shape index (κ3) is 9.14. The van der Waals surface area contributed by atoms with Gasteiger partial charge in [-0.3, -0.25) is 9.45 Å². The predicted octanol–water partition coefficient (Wildman–Crippen LogP) is -3.35. The van der Waals surface area contributed by atoms with Crippen LogP contribution >= 0.6 is 0 Å². The number of aliphatic hydroxyl groups is 1. The molecule has 0 aliphatic rings. The first-order valence-corrected chi connectivity index (χ1v) is 5.28. The quantitative estimate of drug-likeness (QED) is 0.375. The fraction of sp³-hybridized carbons (Fsp3) is 1.00. The van der Waals surface area contributed by atoms with Gasteiger partial charge in [-0.05, 0) is 13.8 Å². The normalized spacial score (nSPS) is 11.8. The Kier molecular flexibility index (Phi) is 8.97. The molecule has 0 aromatic rings. The van der Waals surface area contributed by atoms with Gasteiger partial charge in [0.25, 0.3) is 10.1 Å². The van der Waals surface area contributed by atoms with Crippen molar-refractivity contribution < 1.29 is 49.1 Å². The molecule has 0 fully saturated rings. The maximum absolute atomic E-state index is 10.5. The number of hydrogen-bond acceptors (Lipinski definition) is 4. The first-order valence-electron chi connectivity index (χ1n) is 3.67. The summed E-state index contributed by atoms with van der Waals surface area (Å²) in [6.07, 6.45) is 0. The summed E-state index contributed by atoms with van der Waals surface area (Å²) in [7, 11) is -3.98. The second-order valence-corrected chi connectivity index (χ2v) is 4.26. The third-order valence-corrected chi connectivity index (χ3v) is 2.10. The van der Waals surface area contributed by atoms with Crippen LogP contribution in [0.15, 0.2) is 0 Å². The van der Waals surface area contributed by atoms with E-state index in [9.17, 15) is 8.42 Å². The summed E-state index contributed by atoms with van der Waals surface area (Å²) in [5, 5.41) is 8.56. The van der Waals surface area contributed by atoms with Crippen molar-refractivity contribution in [3.05, 3.63) is 0 Å². The molecule has 5 nitrogen and oxygen atoms in total. The molecule has 0 aliphatic heterocycles. The number of rotatable bonds is 5. The van der Waals surface area contributed by atoms with Gasteiger partial charge in [0, 0.05) is 12.6 Å². The van der Waals surface area contributed by atoms with Crippen molar-refractivity contribution in [1.29, 1.82) is 0 Å². The van der Waals surface area contributed by atoms with Crippen molar-refractivity contribution in [2.24, 2.45) is 0 Å². The molecule has 2 N–H and O–H groups in total. The summed E-state index contributed by atoms with van der Waals surface area (Å²) in [6.45, 7) is 3.72. The monoisotopic (exact) mass is 221 g/mol. The molecule has 0 aliphatic carbocycles. The average molecular weight is 221 g/mol. The van der Waals surface area contributed by atoms with Gasteiger partial charge in [-0.1, -0.05) is 0 Å². The van der Waals surface area contributed by atoms with Crippen LogP contribution in [0.3, 0.4) is 0 Å². The Morgan fingerprint density at radius 1 is 1.46 bits per heavy atom. The molecule has 0 spiro atoms. The molecule has 0 radical (unpaired) electrons. The number of aliphatic hydroxyl groups excluding tert-OH is 1. The van der Waals surface area contributed by atoms with Gasteiger partial charge >= 0.3 is 29.6 Å². The minimum absolute atomic E-state index is 0. The summed E-state index contributed by atoms with van der Waals surface area (Å²) >= 11 is 0. The van der Waals surface area contributed by atoms with Crippen LogP contribution in [0.1, 0.15) is 15.3 Å². The van der Waals surface area contributed by atoms with Gasteiger partial charge in [0.05, 0.1) is 6.61 Å². The van der Waals surface area contributed by atoms with Crippen molar-refractivity contribution in [3.8, 4) is 0 Å². The van der Waals surface area contributed by atoms with Crippen molar-refractivity contribution in [2.75, 3.05) is 19.0 Å². The standard InChI is InChI=1S/C6H15NO4S.Na.H/c1-6(2)7(3-4-8)5-12(9,10)11;;/h6,8H,3-5H2,1-2H3,(H,9,10,11);;/q;+1;-1. The van der Waals surface area contributed by atoms with Gasteiger partial charge in [-0.2, -0.15) is 8.42 Å². The van der Waals surface area contributed by atoms with E-state index in [0.717, 1.165) is 0 Å². The Bertz CT molecular complexity index is 222.